The largest absolute Gasteiger partial charge is 0.390 e. The minimum atomic E-state index is -0.395. The Hall–Kier alpha value is -0.730. The number of nitrogens with zero attached hydrogens (tertiary/aromatic N) is 2. The summed E-state index contributed by atoms with van der Waals surface area (Å²) >= 11 is 0. The molecule has 0 bridgehead atoms. The van der Waals surface area contributed by atoms with Crippen LogP contribution in [0.5, 0.6) is 0 Å². The van der Waals surface area contributed by atoms with Crippen LogP contribution in [0, 0.1) is 56.7 Å². The van der Waals surface area contributed by atoms with Crippen molar-refractivity contribution in [3.8, 4) is 0 Å². The van der Waals surface area contributed by atoms with Crippen molar-refractivity contribution < 1.29 is 24.1 Å². The molecule has 2 aliphatic heterocycles. The predicted octanol–water partition coefficient (Wildman–Crippen LogP) is 5.59. The first-order valence-electron chi connectivity index (χ1n) is 18.2. The molecular weight excluding hydrogens is 552 g/mol. The molecule has 0 aromatic carbocycles. The third-order valence-corrected chi connectivity index (χ3v) is 15.5. The van der Waals surface area contributed by atoms with Crippen molar-refractivity contribution >= 4 is 5.91 Å². The number of hydrogen-bond acceptors (Lipinski definition) is 6. The number of aliphatic hydroxyl groups is 1. The molecule has 7 aliphatic rings. The van der Waals surface area contributed by atoms with E-state index in [4.69, 9.17) is 14.2 Å². The Kier molecular flexibility index (Phi) is 7.52. The molecule has 250 valence electrons. The summed E-state index contributed by atoms with van der Waals surface area (Å²) < 4.78 is 19.8. The molecule has 44 heavy (non-hydrogen) atoms. The highest BCUT2D eigenvalue weighted by Crippen LogP contribution is 2.89. The van der Waals surface area contributed by atoms with Gasteiger partial charge in [-0.05, 0) is 111 Å². The molecule has 7 rings (SSSR count). The Labute approximate surface area is 267 Å². The Morgan fingerprint density at radius 2 is 1.75 bits per heavy atom. The highest BCUT2D eigenvalue weighted by molar-refractivity contribution is 5.78. The van der Waals surface area contributed by atoms with E-state index in [9.17, 15) is 9.90 Å². The van der Waals surface area contributed by atoms with Crippen molar-refractivity contribution in [1.29, 1.82) is 0 Å². The smallest absolute Gasteiger partial charge is 0.225 e. The van der Waals surface area contributed by atoms with Gasteiger partial charge >= 0.3 is 0 Å². The Balaban J connectivity index is 1.11. The summed E-state index contributed by atoms with van der Waals surface area (Å²) in [6.07, 6.45) is 9.23. The fraction of sp³-hybridized carbons (Fsp3) is 0.973. The van der Waals surface area contributed by atoms with Crippen LogP contribution in [0.1, 0.15) is 99.8 Å². The monoisotopic (exact) mass is 614 g/mol. The summed E-state index contributed by atoms with van der Waals surface area (Å²) in [4.78, 5) is 16.9. The molecule has 7 heteroatoms. The van der Waals surface area contributed by atoms with Gasteiger partial charge in [-0.25, -0.2) is 0 Å². The van der Waals surface area contributed by atoms with Crippen LogP contribution in [0.2, 0.25) is 0 Å². The van der Waals surface area contributed by atoms with Gasteiger partial charge in [0.15, 0.2) is 6.29 Å². The van der Waals surface area contributed by atoms with Crippen molar-refractivity contribution in [3.63, 3.8) is 0 Å². The third kappa shape index (κ3) is 4.13. The van der Waals surface area contributed by atoms with Crippen LogP contribution in [-0.4, -0.2) is 91.9 Å². The first-order valence-corrected chi connectivity index (χ1v) is 18.2. The number of carbonyl (C=O) groups is 1. The van der Waals surface area contributed by atoms with Gasteiger partial charge in [0.1, 0.15) is 0 Å². The molecule has 1 N–H and O–H groups in total. The van der Waals surface area contributed by atoms with Gasteiger partial charge in [-0.3, -0.25) is 4.79 Å². The average Bonchev–Trinajstić information content (AvgIpc) is 3.59. The molecule has 0 aromatic heterocycles. The van der Waals surface area contributed by atoms with Crippen molar-refractivity contribution in [3.05, 3.63) is 0 Å². The van der Waals surface area contributed by atoms with Crippen LogP contribution < -0.4 is 0 Å². The van der Waals surface area contributed by atoms with Gasteiger partial charge in [-0.15, -0.1) is 0 Å². The quantitative estimate of drug-likeness (QED) is 0.436. The molecule has 5 saturated carbocycles. The summed E-state index contributed by atoms with van der Waals surface area (Å²) in [7, 11) is 4.27. The van der Waals surface area contributed by atoms with Crippen molar-refractivity contribution in [2.24, 2.45) is 56.7 Å². The minimum absolute atomic E-state index is 0.00300. The number of carbonyl (C=O) groups excluding carboxylic acids is 1. The van der Waals surface area contributed by atoms with Crippen LogP contribution in [-0.2, 0) is 19.0 Å². The number of hydrogen-bond donors (Lipinski definition) is 1. The van der Waals surface area contributed by atoms with Crippen molar-refractivity contribution in [1.82, 2.24) is 9.80 Å². The number of fused-ring (bicyclic) bond motifs is 4. The zero-order valence-electron chi connectivity index (χ0n) is 29.2. The van der Waals surface area contributed by atoms with Gasteiger partial charge in [0, 0.05) is 24.4 Å². The lowest BCUT2D eigenvalue weighted by atomic mass is 9.41. The first kappa shape index (κ1) is 31.8. The number of morpholine rings is 1. The molecule has 2 heterocycles. The SMILES string of the molecule is CC(C)C(=O)N1CCO[C@@H](O[C@H]2CC[C@]34C[C@]35CC[C@]3(C)[C@@H]6[C@H](O[C@@H](CN(C)C)C[C@H]6C)[C@H](O)[C@@]3(C)[C@@H]5CC[C@H]4C2(C)C)C1. The third-order valence-electron chi connectivity index (χ3n) is 15.5. The number of likely N-dealkylation sites (N-methyl/N-ethyl adjacent to an activating group) is 1. The van der Waals surface area contributed by atoms with Gasteiger partial charge in [-0.1, -0.05) is 48.5 Å². The van der Waals surface area contributed by atoms with E-state index in [1.165, 1.54) is 38.5 Å². The van der Waals surface area contributed by atoms with E-state index < -0.39 is 6.10 Å². The lowest BCUT2D eigenvalue weighted by molar-refractivity contribution is -0.248. The average molecular weight is 615 g/mol. The zero-order chi connectivity index (χ0) is 31.6. The first-order chi connectivity index (χ1) is 20.6. The van der Waals surface area contributed by atoms with E-state index in [1.807, 2.05) is 18.7 Å². The predicted molar refractivity (Wildman–Crippen MR) is 171 cm³/mol. The van der Waals surface area contributed by atoms with Crippen LogP contribution in [0.15, 0.2) is 0 Å². The minimum Gasteiger partial charge on any atom is -0.390 e. The number of ether oxygens (including phenoxy) is 3. The lowest BCUT2D eigenvalue weighted by Crippen LogP contribution is -2.60. The number of amides is 1. The molecule has 1 amide bonds. The summed E-state index contributed by atoms with van der Waals surface area (Å²) in [6, 6.07) is 0. The van der Waals surface area contributed by atoms with E-state index in [0.29, 0.717) is 54.2 Å². The summed E-state index contributed by atoms with van der Waals surface area (Å²) in [6.45, 7) is 19.0. The number of aliphatic hydroxyl groups excluding tert-OH is 1. The highest BCUT2D eigenvalue weighted by atomic mass is 16.7. The fourth-order valence-corrected chi connectivity index (χ4v) is 13.6. The second-order valence-electron chi connectivity index (χ2n) is 18.3. The summed E-state index contributed by atoms with van der Waals surface area (Å²) in [5.74, 6) is 2.37. The van der Waals surface area contributed by atoms with Crippen LogP contribution in [0.25, 0.3) is 0 Å². The molecule has 7 nitrogen and oxygen atoms in total. The van der Waals surface area contributed by atoms with E-state index in [0.717, 1.165) is 19.4 Å². The molecule has 7 fully saturated rings. The molecule has 2 saturated heterocycles. The van der Waals surface area contributed by atoms with Gasteiger partial charge < -0.3 is 29.1 Å². The Morgan fingerprint density at radius 1 is 1.05 bits per heavy atom. The van der Waals surface area contributed by atoms with Gasteiger partial charge in [0.2, 0.25) is 5.91 Å². The molecule has 0 unspecified atom stereocenters. The number of rotatable bonds is 5. The molecule has 0 radical (unpaired) electrons. The van der Waals surface area contributed by atoms with Crippen LogP contribution >= 0.6 is 0 Å². The Bertz CT molecular complexity index is 1140. The maximum Gasteiger partial charge on any atom is 0.225 e. The van der Waals surface area contributed by atoms with E-state index >= 15 is 0 Å². The zero-order valence-corrected chi connectivity index (χ0v) is 29.2. The molecule has 2 spiro atoms. The van der Waals surface area contributed by atoms with Gasteiger partial charge in [0.25, 0.3) is 0 Å². The highest BCUT2D eigenvalue weighted by Gasteiger charge is 2.84. The lowest BCUT2D eigenvalue weighted by Gasteiger charge is -2.64. The van der Waals surface area contributed by atoms with E-state index in [-0.39, 0.29) is 52.7 Å². The van der Waals surface area contributed by atoms with Gasteiger partial charge in [-0.2, -0.15) is 0 Å². The maximum absolute atomic E-state index is 12.7. The maximum atomic E-state index is 12.7. The molecular formula is C37H62N2O5. The second-order valence-corrected chi connectivity index (χ2v) is 18.3. The summed E-state index contributed by atoms with van der Waals surface area (Å²) in [5, 5.41) is 12.4. The van der Waals surface area contributed by atoms with Gasteiger partial charge in [0.05, 0.1) is 37.6 Å². The van der Waals surface area contributed by atoms with Crippen LogP contribution in [0.3, 0.4) is 0 Å². The van der Waals surface area contributed by atoms with Crippen molar-refractivity contribution in [2.45, 2.75) is 131 Å². The molecule has 0 aromatic rings. The van der Waals surface area contributed by atoms with Crippen LogP contribution in [0.4, 0.5) is 0 Å². The second kappa shape index (κ2) is 10.4. The van der Waals surface area contributed by atoms with E-state index in [2.05, 4.69) is 53.6 Å². The van der Waals surface area contributed by atoms with Crippen molar-refractivity contribution in [2.75, 3.05) is 40.3 Å². The topological polar surface area (TPSA) is 71.5 Å². The fourth-order valence-electron chi connectivity index (χ4n) is 13.6. The normalized spacial score (nSPS) is 52.5. The molecule has 5 aliphatic carbocycles. The summed E-state index contributed by atoms with van der Waals surface area (Å²) in [5.41, 5.74) is 0.746. The Morgan fingerprint density at radius 3 is 2.45 bits per heavy atom. The molecule has 13 atom stereocenters. The van der Waals surface area contributed by atoms with E-state index in [1.54, 1.807) is 0 Å². The standard InChI is InChI=1S/C37H62N2O5/c1-22(2)32(41)39-16-17-42-28(20-39)44-27-12-13-36-21-37(36)15-14-34(6)29-23(3)18-24(19-38(8)9)43-30(29)31(40)35(34,7)26(37)11-10-25(36)33(27,4)5/h22-31,40H,10-21H2,1-9H3/t23-,24-,25+,26+,27+,28+,29+,30+,31+,34-,35-,36-,37+/m1/s1.